The summed E-state index contributed by atoms with van der Waals surface area (Å²) in [6.45, 7) is 3.32. The Bertz CT molecular complexity index is 1180. The van der Waals surface area contributed by atoms with Gasteiger partial charge in [-0.2, -0.15) is 13.2 Å². The molecule has 0 aliphatic carbocycles. The minimum atomic E-state index is -4.78. The van der Waals surface area contributed by atoms with E-state index < -0.39 is 26.7 Å². The Morgan fingerprint density at radius 2 is 1.48 bits per heavy atom. The van der Waals surface area contributed by atoms with E-state index in [-0.39, 0.29) is 18.1 Å². The van der Waals surface area contributed by atoms with Crippen molar-refractivity contribution in [2.75, 3.05) is 35.8 Å². The molecule has 1 fully saturated rings. The normalized spacial score (nSPS) is 14.9. The molecule has 1 aliphatic rings. The Hall–Kier alpha value is -2.49. The highest BCUT2D eigenvalue weighted by atomic mass is 35.5. The number of piperazine rings is 1. The third kappa shape index (κ3) is 4.73. The second kappa shape index (κ2) is 8.94. The largest absolute Gasteiger partial charge is 0.417 e. The van der Waals surface area contributed by atoms with E-state index >= 15 is 0 Å². The average Bonchev–Trinajstić information content (AvgIpc) is 2.74. The predicted octanol–water partition coefficient (Wildman–Crippen LogP) is 4.49. The van der Waals surface area contributed by atoms with Gasteiger partial charge in [-0.15, -0.1) is 12.4 Å². The molecular formula is C21H21ClF3N3O2S. The number of sulfonamides is 1. The fourth-order valence-corrected chi connectivity index (χ4v) is 5.00. The summed E-state index contributed by atoms with van der Waals surface area (Å²) in [5, 5.41) is 4.75. The first-order valence-corrected chi connectivity index (χ1v) is 10.9. The summed E-state index contributed by atoms with van der Waals surface area (Å²) in [6, 6.07) is 14.8. The lowest BCUT2D eigenvalue weighted by Crippen LogP contribution is -2.43. The van der Waals surface area contributed by atoms with Crippen molar-refractivity contribution in [3.8, 4) is 0 Å². The van der Waals surface area contributed by atoms with Crippen LogP contribution in [0.15, 0.2) is 65.6 Å². The molecule has 3 aromatic rings. The molecule has 0 spiro atoms. The summed E-state index contributed by atoms with van der Waals surface area (Å²) in [6.07, 6.45) is -4.78. The van der Waals surface area contributed by atoms with Crippen molar-refractivity contribution in [1.29, 1.82) is 0 Å². The number of hydrogen-bond acceptors (Lipinski definition) is 4. The van der Waals surface area contributed by atoms with Crippen molar-refractivity contribution in [3.05, 3.63) is 66.2 Å². The molecule has 0 atom stereocenters. The Morgan fingerprint density at radius 1 is 0.871 bits per heavy atom. The quantitative estimate of drug-likeness (QED) is 0.588. The lowest BCUT2D eigenvalue weighted by Gasteiger charge is -2.31. The average molecular weight is 472 g/mol. The molecule has 5 nitrogen and oxygen atoms in total. The minimum absolute atomic E-state index is 0. The molecule has 0 unspecified atom stereocenters. The molecule has 0 bridgehead atoms. The SMILES string of the molecule is Cl.O=S(=O)(Nc1ccc(N2CCNCC2)c2ccccc12)c1ccccc1C(F)(F)F. The third-order valence-electron chi connectivity index (χ3n) is 5.09. The molecule has 0 aromatic heterocycles. The highest BCUT2D eigenvalue weighted by Crippen LogP contribution is 2.37. The standard InChI is InChI=1S/C21H20F3N3O2S.ClH/c22-21(23,24)17-7-3-4-8-20(17)30(28,29)26-18-9-10-19(27-13-11-25-12-14-27)16-6-2-1-5-15(16)18;/h1-10,25-26H,11-14H2;1H. The number of alkyl halides is 3. The zero-order valence-corrected chi connectivity index (χ0v) is 17.9. The van der Waals surface area contributed by atoms with Crippen molar-refractivity contribution in [2.24, 2.45) is 0 Å². The van der Waals surface area contributed by atoms with Crippen molar-refractivity contribution in [1.82, 2.24) is 5.32 Å². The van der Waals surface area contributed by atoms with Gasteiger partial charge in [0.25, 0.3) is 10.0 Å². The van der Waals surface area contributed by atoms with Crippen LogP contribution in [0.1, 0.15) is 5.56 Å². The number of benzene rings is 3. The molecule has 1 heterocycles. The van der Waals surface area contributed by atoms with E-state index in [0.717, 1.165) is 49.4 Å². The fourth-order valence-electron chi connectivity index (χ4n) is 3.69. The number of anilines is 2. The molecule has 31 heavy (non-hydrogen) atoms. The number of hydrogen-bond donors (Lipinski definition) is 2. The van der Waals surface area contributed by atoms with E-state index in [1.165, 1.54) is 12.1 Å². The van der Waals surface area contributed by atoms with Crippen LogP contribution in [0.4, 0.5) is 24.5 Å². The number of nitrogens with one attached hydrogen (secondary N) is 2. The maximum absolute atomic E-state index is 13.3. The number of rotatable bonds is 4. The molecule has 2 N–H and O–H groups in total. The van der Waals surface area contributed by atoms with Crippen molar-refractivity contribution < 1.29 is 21.6 Å². The molecule has 0 radical (unpaired) electrons. The van der Waals surface area contributed by atoms with Crippen molar-refractivity contribution in [3.63, 3.8) is 0 Å². The van der Waals surface area contributed by atoms with Gasteiger partial charge in [0.2, 0.25) is 0 Å². The lowest BCUT2D eigenvalue weighted by atomic mass is 10.1. The lowest BCUT2D eigenvalue weighted by molar-refractivity contribution is -0.139. The summed E-state index contributed by atoms with van der Waals surface area (Å²) >= 11 is 0. The smallest absolute Gasteiger partial charge is 0.368 e. The Balaban J connectivity index is 0.00000272. The zero-order chi connectivity index (χ0) is 21.4. The summed E-state index contributed by atoms with van der Waals surface area (Å²) in [5.41, 5.74) is 0.00597. The van der Waals surface area contributed by atoms with E-state index in [0.29, 0.717) is 5.39 Å². The van der Waals surface area contributed by atoms with Gasteiger partial charge < -0.3 is 10.2 Å². The van der Waals surface area contributed by atoms with Crippen LogP contribution in [0.5, 0.6) is 0 Å². The molecule has 10 heteroatoms. The van der Waals surface area contributed by atoms with Crippen LogP contribution in [0.25, 0.3) is 10.8 Å². The van der Waals surface area contributed by atoms with E-state index in [9.17, 15) is 21.6 Å². The molecule has 0 amide bonds. The molecule has 166 valence electrons. The van der Waals surface area contributed by atoms with Crippen LogP contribution < -0.4 is 14.9 Å². The zero-order valence-electron chi connectivity index (χ0n) is 16.3. The van der Waals surface area contributed by atoms with Gasteiger partial charge in [0.15, 0.2) is 0 Å². The second-order valence-electron chi connectivity index (χ2n) is 7.01. The first-order chi connectivity index (χ1) is 14.3. The highest BCUT2D eigenvalue weighted by molar-refractivity contribution is 7.92. The Morgan fingerprint density at radius 3 is 2.16 bits per heavy atom. The van der Waals surface area contributed by atoms with Crippen LogP contribution in [0, 0.1) is 0 Å². The first kappa shape index (κ1) is 23.2. The minimum Gasteiger partial charge on any atom is -0.368 e. The molecule has 4 rings (SSSR count). The summed E-state index contributed by atoms with van der Waals surface area (Å²) in [5.74, 6) is 0. The van der Waals surface area contributed by atoms with Crippen molar-refractivity contribution >= 4 is 44.6 Å². The van der Waals surface area contributed by atoms with E-state index in [2.05, 4.69) is 14.9 Å². The van der Waals surface area contributed by atoms with Crippen molar-refractivity contribution in [2.45, 2.75) is 11.1 Å². The van der Waals surface area contributed by atoms with Gasteiger partial charge >= 0.3 is 6.18 Å². The molecular weight excluding hydrogens is 451 g/mol. The van der Waals surface area contributed by atoms with Gasteiger partial charge in [0.05, 0.1) is 16.1 Å². The van der Waals surface area contributed by atoms with E-state index in [4.69, 9.17) is 0 Å². The van der Waals surface area contributed by atoms with Gasteiger partial charge in [-0.3, -0.25) is 4.72 Å². The summed E-state index contributed by atoms with van der Waals surface area (Å²) in [7, 11) is -4.45. The first-order valence-electron chi connectivity index (χ1n) is 9.44. The number of nitrogens with zero attached hydrogens (tertiary/aromatic N) is 1. The van der Waals surface area contributed by atoms with Gasteiger partial charge in [-0.25, -0.2) is 8.42 Å². The van der Waals surface area contributed by atoms with E-state index in [1.807, 2.05) is 12.1 Å². The molecule has 1 aliphatic heterocycles. The Kier molecular flexibility index (Phi) is 6.68. The van der Waals surface area contributed by atoms with E-state index in [1.54, 1.807) is 24.3 Å². The predicted molar refractivity (Wildman–Crippen MR) is 119 cm³/mol. The Labute approximate surface area is 184 Å². The fraction of sp³-hybridized carbons (Fsp3) is 0.238. The van der Waals surface area contributed by atoms with Gasteiger partial charge in [0, 0.05) is 42.6 Å². The van der Waals surface area contributed by atoms with Gasteiger partial charge in [-0.05, 0) is 24.3 Å². The van der Waals surface area contributed by atoms with Crippen LogP contribution in [0.3, 0.4) is 0 Å². The molecule has 1 saturated heterocycles. The van der Waals surface area contributed by atoms with Crippen LogP contribution in [-0.2, 0) is 16.2 Å². The monoisotopic (exact) mass is 471 g/mol. The molecule has 3 aromatic carbocycles. The highest BCUT2D eigenvalue weighted by Gasteiger charge is 2.37. The second-order valence-corrected chi connectivity index (χ2v) is 8.67. The van der Waals surface area contributed by atoms with Gasteiger partial charge in [0.1, 0.15) is 0 Å². The maximum Gasteiger partial charge on any atom is 0.417 e. The third-order valence-corrected chi connectivity index (χ3v) is 6.51. The summed E-state index contributed by atoms with van der Waals surface area (Å²) in [4.78, 5) is 1.41. The van der Waals surface area contributed by atoms with Gasteiger partial charge in [-0.1, -0.05) is 36.4 Å². The van der Waals surface area contributed by atoms with Crippen LogP contribution >= 0.6 is 12.4 Å². The van der Waals surface area contributed by atoms with Crippen LogP contribution in [0.2, 0.25) is 0 Å². The number of fused-ring (bicyclic) bond motifs is 1. The van der Waals surface area contributed by atoms with Crippen LogP contribution in [-0.4, -0.2) is 34.6 Å². The molecule has 0 saturated carbocycles. The topological polar surface area (TPSA) is 61.4 Å². The number of halogens is 4. The maximum atomic E-state index is 13.3. The summed E-state index contributed by atoms with van der Waals surface area (Å²) < 4.78 is 68.1.